The lowest BCUT2D eigenvalue weighted by atomic mass is 10.0. The molecule has 0 spiro atoms. The van der Waals surface area contributed by atoms with E-state index in [9.17, 15) is 4.79 Å². The molecule has 0 bridgehead atoms. The molecule has 0 radical (unpaired) electrons. The topological polar surface area (TPSA) is 35.5 Å². The van der Waals surface area contributed by atoms with Crippen molar-refractivity contribution in [3.63, 3.8) is 0 Å². The van der Waals surface area contributed by atoms with E-state index in [1.165, 1.54) is 5.56 Å². The zero-order chi connectivity index (χ0) is 13.9. The third kappa shape index (κ3) is 2.67. The van der Waals surface area contributed by atoms with Crippen LogP contribution in [0.15, 0.2) is 42.5 Å². The molecule has 0 aliphatic carbocycles. The van der Waals surface area contributed by atoms with E-state index in [1.54, 1.807) is 6.92 Å². The minimum absolute atomic E-state index is 0.227. The minimum atomic E-state index is 0.227. The molecule has 0 N–H and O–H groups in total. The summed E-state index contributed by atoms with van der Waals surface area (Å²) in [7, 11) is 0. The first-order valence-corrected chi connectivity index (χ1v) is 6.71. The Balaban J connectivity index is 1.79. The summed E-state index contributed by atoms with van der Waals surface area (Å²) in [5.41, 5.74) is 3.42. The van der Waals surface area contributed by atoms with Crippen molar-refractivity contribution < 1.29 is 14.3 Å². The Morgan fingerprint density at radius 1 is 1.00 bits per heavy atom. The lowest BCUT2D eigenvalue weighted by molar-refractivity contribution is -0.116. The second kappa shape index (κ2) is 5.37. The number of aryl methyl sites for hydroxylation is 1. The summed E-state index contributed by atoms with van der Waals surface area (Å²) in [4.78, 5) is 11.0. The monoisotopic (exact) mass is 268 g/mol. The number of fused-ring (bicyclic) bond motifs is 1. The van der Waals surface area contributed by atoms with Crippen LogP contribution in [0.4, 0.5) is 0 Å². The maximum atomic E-state index is 11.0. The fourth-order valence-corrected chi connectivity index (χ4v) is 2.26. The van der Waals surface area contributed by atoms with Crippen LogP contribution in [-0.2, 0) is 11.2 Å². The third-order valence-corrected chi connectivity index (χ3v) is 3.43. The van der Waals surface area contributed by atoms with E-state index in [1.807, 2.05) is 18.2 Å². The van der Waals surface area contributed by atoms with Gasteiger partial charge in [0.25, 0.3) is 0 Å². The van der Waals surface area contributed by atoms with Crippen LogP contribution in [0, 0.1) is 0 Å². The van der Waals surface area contributed by atoms with Crippen molar-refractivity contribution in [2.24, 2.45) is 0 Å². The number of ether oxygens (including phenoxy) is 2. The molecule has 0 fully saturated rings. The van der Waals surface area contributed by atoms with E-state index in [2.05, 4.69) is 24.3 Å². The number of Topliss-reactive ketones (excluding diaryl/α,β-unsaturated/α-hetero) is 1. The van der Waals surface area contributed by atoms with E-state index in [0.717, 1.165) is 29.0 Å². The van der Waals surface area contributed by atoms with E-state index in [4.69, 9.17) is 9.47 Å². The van der Waals surface area contributed by atoms with Crippen LogP contribution >= 0.6 is 0 Å². The lowest BCUT2D eigenvalue weighted by Crippen LogP contribution is -1.93. The molecule has 0 saturated heterocycles. The molecule has 102 valence electrons. The molecule has 1 aliphatic heterocycles. The second-order valence-electron chi connectivity index (χ2n) is 4.97. The van der Waals surface area contributed by atoms with Gasteiger partial charge in [0.1, 0.15) is 5.78 Å². The summed E-state index contributed by atoms with van der Waals surface area (Å²) >= 11 is 0. The Morgan fingerprint density at radius 3 is 2.45 bits per heavy atom. The SMILES string of the molecule is CC(=O)CCc1ccc(-c2ccc3c(c2)OCO3)cc1. The fourth-order valence-electron chi connectivity index (χ4n) is 2.26. The van der Waals surface area contributed by atoms with Gasteiger partial charge in [-0.25, -0.2) is 0 Å². The molecule has 2 aromatic rings. The number of hydrogen-bond acceptors (Lipinski definition) is 3. The van der Waals surface area contributed by atoms with Gasteiger partial charge in [-0.05, 0) is 42.2 Å². The van der Waals surface area contributed by atoms with E-state index < -0.39 is 0 Å². The summed E-state index contributed by atoms with van der Waals surface area (Å²) in [5.74, 6) is 1.82. The van der Waals surface area contributed by atoms with E-state index >= 15 is 0 Å². The predicted octanol–water partition coefficient (Wildman–Crippen LogP) is 3.60. The molecule has 0 atom stereocenters. The van der Waals surface area contributed by atoms with Gasteiger partial charge in [0.15, 0.2) is 11.5 Å². The highest BCUT2D eigenvalue weighted by Crippen LogP contribution is 2.35. The van der Waals surface area contributed by atoms with E-state index in [-0.39, 0.29) is 5.78 Å². The Morgan fingerprint density at radius 2 is 1.70 bits per heavy atom. The molecule has 3 rings (SSSR count). The van der Waals surface area contributed by atoms with Gasteiger partial charge in [-0.1, -0.05) is 30.3 Å². The van der Waals surface area contributed by atoms with Crippen molar-refractivity contribution in [2.45, 2.75) is 19.8 Å². The average Bonchev–Trinajstić information content (AvgIpc) is 2.93. The Bertz CT molecular complexity index is 629. The van der Waals surface area contributed by atoms with Gasteiger partial charge in [-0.2, -0.15) is 0 Å². The van der Waals surface area contributed by atoms with Gasteiger partial charge < -0.3 is 14.3 Å². The molecule has 3 nitrogen and oxygen atoms in total. The molecule has 1 heterocycles. The van der Waals surface area contributed by atoms with Crippen LogP contribution in [-0.4, -0.2) is 12.6 Å². The number of hydrogen-bond donors (Lipinski definition) is 0. The standard InChI is InChI=1S/C17H16O3/c1-12(18)2-3-13-4-6-14(7-5-13)15-8-9-16-17(10-15)20-11-19-16/h4-10H,2-3,11H2,1H3. The number of rotatable bonds is 4. The van der Waals surface area contributed by atoms with Crippen LogP contribution in [0.3, 0.4) is 0 Å². The van der Waals surface area contributed by atoms with Crippen molar-refractivity contribution in [3.05, 3.63) is 48.0 Å². The molecule has 1 aliphatic rings. The number of carbonyl (C=O) groups is 1. The molecule has 0 unspecified atom stereocenters. The Hall–Kier alpha value is -2.29. The second-order valence-corrected chi connectivity index (χ2v) is 4.97. The molecule has 0 saturated carbocycles. The highest BCUT2D eigenvalue weighted by molar-refractivity contribution is 5.75. The van der Waals surface area contributed by atoms with Crippen LogP contribution < -0.4 is 9.47 Å². The van der Waals surface area contributed by atoms with Crippen molar-refractivity contribution in [1.82, 2.24) is 0 Å². The Kier molecular flexibility index (Phi) is 3.42. The maximum absolute atomic E-state index is 11.0. The quantitative estimate of drug-likeness (QED) is 0.849. The van der Waals surface area contributed by atoms with Crippen LogP contribution in [0.1, 0.15) is 18.9 Å². The molecule has 20 heavy (non-hydrogen) atoms. The smallest absolute Gasteiger partial charge is 0.231 e. The van der Waals surface area contributed by atoms with Gasteiger partial charge in [0, 0.05) is 6.42 Å². The molecule has 3 heteroatoms. The van der Waals surface area contributed by atoms with Crippen molar-refractivity contribution >= 4 is 5.78 Å². The molecule has 2 aromatic carbocycles. The summed E-state index contributed by atoms with van der Waals surface area (Å²) in [6.45, 7) is 1.92. The zero-order valence-electron chi connectivity index (χ0n) is 11.4. The number of benzene rings is 2. The van der Waals surface area contributed by atoms with Crippen molar-refractivity contribution in [3.8, 4) is 22.6 Å². The highest BCUT2D eigenvalue weighted by Gasteiger charge is 2.13. The van der Waals surface area contributed by atoms with Gasteiger partial charge in [0.2, 0.25) is 6.79 Å². The average molecular weight is 268 g/mol. The largest absolute Gasteiger partial charge is 0.454 e. The highest BCUT2D eigenvalue weighted by atomic mass is 16.7. The molecule has 0 amide bonds. The summed E-state index contributed by atoms with van der Waals surface area (Å²) in [6.07, 6.45) is 1.40. The summed E-state index contributed by atoms with van der Waals surface area (Å²) in [5, 5.41) is 0. The maximum Gasteiger partial charge on any atom is 0.231 e. The van der Waals surface area contributed by atoms with Crippen LogP contribution in [0.2, 0.25) is 0 Å². The Labute approximate surface area is 118 Å². The molecule has 0 aromatic heterocycles. The first kappa shape index (κ1) is 12.7. The lowest BCUT2D eigenvalue weighted by Gasteiger charge is -2.05. The van der Waals surface area contributed by atoms with Gasteiger partial charge in [-0.15, -0.1) is 0 Å². The summed E-state index contributed by atoms with van der Waals surface area (Å²) < 4.78 is 10.7. The van der Waals surface area contributed by atoms with Crippen LogP contribution in [0.25, 0.3) is 11.1 Å². The van der Waals surface area contributed by atoms with Gasteiger partial charge in [0.05, 0.1) is 0 Å². The van der Waals surface area contributed by atoms with Gasteiger partial charge in [-0.3, -0.25) is 0 Å². The van der Waals surface area contributed by atoms with E-state index in [0.29, 0.717) is 13.2 Å². The number of ketones is 1. The summed E-state index contributed by atoms with van der Waals surface area (Å²) in [6, 6.07) is 14.2. The molecular weight excluding hydrogens is 252 g/mol. The number of carbonyl (C=O) groups excluding carboxylic acids is 1. The van der Waals surface area contributed by atoms with Crippen LogP contribution in [0.5, 0.6) is 11.5 Å². The predicted molar refractivity (Wildman–Crippen MR) is 77.0 cm³/mol. The molecular formula is C17H16O3. The first-order valence-electron chi connectivity index (χ1n) is 6.71. The first-order chi connectivity index (χ1) is 9.72. The minimum Gasteiger partial charge on any atom is -0.454 e. The van der Waals surface area contributed by atoms with Crippen molar-refractivity contribution in [1.29, 1.82) is 0 Å². The third-order valence-electron chi connectivity index (χ3n) is 3.43. The normalized spacial score (nSPS) is 12.4. The van der Waals surface area contributed by atoms with Gasteiger partial charge >= 0.3 is 0 Å². The fraction of sp³-hybridized carbons (Fsp3) is 0.235. The zero-order valence-corrected chi connectivity index (χ0v) is 11.4. The van der Waals surface area contributed by atoms with Crippen molar-refractivity contribution in [2.75, 3.05) is 6.79 Å².